The highest BCUT2D eigenvalue weighted by Crippen LogP contribution is 2.31. The first-order valence-corrected chi connectivity index (χ1v) is 7.37. The predicted molar refractivity (Wildman–Crippen MR) is 80.8 cm³/mol. The number of likely N-dealkylation sites (tertiary alicyclic amines) is 1. The standard InChI is InChI=1S/C16H23FN2O2/c1-16(2,3)19(15(20)21)9-7-13(8-10-19)18-14-6-4-5-12(17)11-14/h4-6,11,13,18H,7-10H2,1-3H3/p+1. The molecule has 2 N–H and O–H groups in total. The fourth-order valence-corrected chi connectivity index (χ4v) is 3.12. The Morgan fingerprint density at radius 3 is 2.43 bits per heavy atom. The molecule has 0 saturated carbocycles. The fourth-order valence-electron chi connectivity index (χ4n) is 3.12. The zero-order valence-electron chi connectivity index (χ0n) is 12.9. The summed E-state index contributed by atoms with van der Waals surface area (Å²) in [6, 6.07) is 6.59. The Bertz CT molecular complexity index is 517. The third kappa shape index (κ3) is 3.18. The molecule has 1 aromatic rings. The van der Waals surface area contributed by atoms with E-state index in [1.165, 1.54) is 12.1 Å². The molecule has 1 aliphatic rings. The number of rotatable bonds is 2. The number of quaternary nitrogens is 1. The number of piperidine rings is 1. The molecular formula is C16H24FN2O2+. The topological polar surface area (TPSA) is 49.3 Å². The second kappa shape index (κ2) is 5.64. The molecule has 4 nitrogen and oxygen atoms in total. The van der Waals surface area contributed by atoms with Crippen LogP contribution in [0.15, 0.2) is 24.3 Å². The largest absolute Gasteiger partial charge is 0.513 e. The molecule has 0 bridgehead atoms. The van der Waals surface area contributed by atoms with Crippen molar-refractivity contribution in [2.24, 2.45) is 0 Å². The van der Waals surface area contributed by atoms with E-state index in [2.05, 4.69) is 5.32 Å². The van der Waals surface area contributed by atoms with Gasteiger partial charge in [-0.15, -0.1) is 0 Å². The lowest BCUT2D eigenvalue weighted by atomic mass is 9.93. The summed E-state index contributed by atoms with van der Waals surface area (Å²) in [5.41, 5.74) is 0.432. The van der Waals surface area contributed by atoms with E-state index in [9.17, 15) is 14.3 Å². The van der Waals surface area contributed by atoms with Gasteiger partial charge < -0.3 is 10.4 Å². The molecule has 1 aliphatic heterocycles. The van der Waals surface area contributed by atoms with E-state index in [1.54, 1.807) is 6.07 Å². The number of amides is 1. The van der Waals surface area contributed by atoms with Gasteiger partial charge in [0.05, 0.1) is 13.1 Å². The van der Waals surface area contributed by atoms with Crippen LogP contribution in [0.1, 0.15) is 33.6 Å². The van der Waals surface area contributed by atoms with Gasteiger partial charge in [-0.3, -0.25) is 0 Å². The highest BCUT2D eigenvalue weighted by Gasteiger charge is 2.49. The van der Waals surface area contributed by atoms with E-state index in [4.69, 9.17) is 0 Å². The van der Waals surface area contributed by atoms with Crippen LogP contribution >= 0.6 is 0 Å². The quantitative estimate of drug-likeness (QED) is 0.818. The summed E-state index contributed by atoms with van der Waals surface area (Å²) in [5, 5.41) is 12.9. The Morgan fingerprint density at radius 1 is 1.33 bits per heavy atom. The molecule has 0 spiro atoms. The summed E-state index contributed by atoms with van der Waals surface area (Å²) in [6.07, 6.45) is 0.770. The summed E-state index contributed by atoms with van der Waals surface area (Å²) in [6.45, 7) is 7.10. The lowest BCUT2D eigenvalue weighted by Gasteiger charge is -2.47. The van der Waals surface area contributed by atoms with Crippen LogP contribution in [0.25, 0.3) is 0 Å². The summed E-state index contributed by atoms with van der Waals surface area (Å²) in [7, 11) is 0. The minimum atomic E-state index is -0.758. The van der Waals surface area contributed by atoms with Crippen molar-refractivity contribution in [2.45, 2.75) is 45.2 Å². The SMILES string of the molecule is CC(C)(C)[N+]1(C(=O)O)CCC(Nc2cccc(F)c2)CC1. The zero-order chi connectivity index (χ0) is 15.7. The van der Waals surface area contributed by atoms with Crippen molar-refractivity contribution in [3.8, 4) is 0 Å². The Morgan fingerprint density at radius 2 is 1.95 bits per heavy atom. The van der Waals surface area contributed by atoms with Crippen molar-refractivity contribution in [3.63, 3.8) is 0 Å². The molecule has 1 saturated heterocycles. The van der Waals surface area contributed by atoms with Crippen LogP contribution in [-0.2, 0) is 0 Å². The Balaban J connectivity index is 2.04. The van der Waals surface area contributed by atoms with Crippen LogP contribution in [0, 0.1) is 5.82 Å². The maximum Gasteiger partial charge on any atom is 0.513 e. The smallest absolute Gasteiger partial charge is 0.435 e. The van der Waals surface area contributed by atoms with Crippen LogP contribution in [0.3, 0.4) is 0 Å². The highest BCUT2D eigenvalue weighted by atomic mass is 19.1. The second-order valence-corrected chi connectivity index (χ2v) is 6.80. The average molecular weight is 295 g/mol. The number of hydrogen-bond acceptors (Lipinski definition) is 2. The number of halogens is 1. The average Bonchev–Trinajstić information content (AvgIpc) is 2.38. The van der Waals surface area contributed by atoms with Crippen molar-refractivity contribution in [1.29, 1.82) is 0 Å². The van der Waals surface area contributed by atoms with Crippen LogP contribution in [0.5, 0.6) is 0 Å². The van der Waals surface area contributed by atoms with Crippen LogP contribution in [0.2, 0.25) is 0 Å². The molecule has 0 aliphatic carbocycles. The van der Waals surface area contributed by atoms with Gasteiger partial charge in [-0.2, -0.15) is 4.79 Å². The number of carboxylic acid groups (broad SMARTS) is 1. The van der Waals surface area contributed by atoms with Crippen molar-refractivity contribution in [2.75, 3.05) is 18.4 Å². The van der Waals surface area contributed by atoms with E-state index < -0.39 is 6.09 Å². The first kappa shape index (κ1) is 15.8. The lowest BCUT2D eigenvalue weighted by Crippen LogP contribution is -2.66. The van der Waals surface area contributed by atoms with Gasteiger partial charge in [0.1, 0.15) is 11.4 Å². The monoisotopic (exact) mass is 295 g/mol. The molecule has 0 unspecified atom stereocenters. The van der Waals surface area contributed by atoms with Gasteiger partial charge in [-0.1, -0.05) is 6.07 Å². The van der Waals surface area contributed by atoms with Crippen LogP contribution in [-0.4, -0.2) is 40.4 Å². The van der Waals surface area contributed by atoms with Gasteiger partial charge in [0.25, 0.3) is 0 Å². The molecule has 1 amide bonds. The predicted octanol–water partition coefficient (Wildman–Crippen LogP) is 3.69. The maximum absolute atomic E-state index is 13.2. The summed E-state index contributed by atoms with van der Waals surface area (Å²) in [4.78, 5) is 11.7. The Labute approximate surface area is 125 Å². The van der Waals surface area contributed by atoms with E-state index in [0.717, 1.165) is 18.5 Å². The molecule has 1 aromatic carbocycles. The maximum atomic E-state index is 13.2. The van der Waals surface area contributed by atoms with Crippen LogP contribution < -0.4 is 5.32 Å². The first-order chi connectivity index (χ1) is 9.74. The van der Waals surface area contributed by atoms with Crippen molar-refractivity contribution >= 4 is 11.8 Å². The molecule has 1 fully saturated rings. The van der Waals surface area contributed by atoms with E-state index in [-0.39, 0.29) is 21.9 Å². The molecule has 21 heavy (non-hydrogen) atoms. The third-order valence-corrected chi connectivity index (χ3v) is 4.56. The van der Waals surface area contributed by atoms with Crippen LogP contribution in [0.4, 0.5) is 14.9 Å². The number of anilines is 1. The Kier molecular flexibility index (Phi) is 4.23. The number of hydrogen-bond donors (Lipinski definition) is 2. The first-order valence-electron chi connectivity index (χ1n) is 7.37. The summed E-state index contributed by atoms with van der Waals surface area (Å²) >= 11 is 0. The van der Waals surface area contributed by atoms with E-state index in [0.29, 0.717) is 13.1 Å². The van der Waals surface area contributed by atoms with E-state index in [1.807, 2.05) is 26.8 Å². The summed E-state index contributed by atoms with van der Waals surface area (Å²) in [5.74, 6) is -0.263. The van der Waals surface area contributed by atoms with Gasteiger partial charge in [0, 0.05) is 24.6 Å². The Hall–Kier alpha value is -1.62. The van der Waals surface area contributed by atoms with E-state index >= 15 is 0 Å². The van der Waals surface area contributed by atoms with Crippen molar-refractivity contribution in [3.05, 3.63) is 30.1 Å². The number of nitrogens with zero attached hydrogens (tertiary/aromatic N) is 1. The number of nitrogens with one attached hydrogen (secondary N) is 1. The zero-order valence-corrected chi connectivity index (χ0v) is 12.9. The number of carbonyl (C=O) groups is 1. The molecule has 1 heterocycles. The van der Waals surface area contributed by atoms with Gasteiger partial charge in [-0.25, -0.2) is 8.87 Å². The minimum Gasteiger partial charge on any atom is -0.435 e. The molecule has 5 heteroatoms. The molecular weight excluding hydrogens is 271 g/mol. The van der Waals surface area contributed by atoms with Gasteiger partial charge in [-0.05, 0) is 39.0 Å². The molecule has 0 radical (unpaired) electrons. The molecule has 0 atom stereocenters. The molecule has 2 rings (SSSR count). The normalized spacial score (nSPS) is 26.4. The van der Waals surface area contributed by atoms with Crippen molar-refractivity contribution < 1.29 is 18.8 Å². The minimum absolute atomic E-state index is 0.0916. The molecule has 0 aromatic heterocycles. The van der Waals surface area contributed by atoms with Gasteiger partial charge in [0.2, 0.25) is 0 Å². The highest BCUT2D eigenvalue weighted by molar-refractivity contribution is 5.57. The lowest BCUT2D eigenvalue weighted by molar-refractivity contribution is -0.907. The fraction of sp³-hybridized carbons (Fsp3) is 0.562. The number of benzene rings is 1. The summed E-state index contributed by atoms with van der Waals surface area (Å²) < 4.78 is 13.3. The second-order valence-electron chi connectivity index (χ2n) is 6.80. The van der Waals surface area contributed by atoms with Gasteiger partial charge in [0.15, 0.2) is 0 Å². The molecule has 116 valence electrons. The van der Waals surface area contributed by atoms with Gasteiger partial charge >= 0.3 is 6.09 Å². The van der Waals surface area contributed by atoms with Crippen molar-refractivity contribution in [1.82, 2.24) is 0 Å². The third-order valence-electron chi connectivity index (χ3n) is 4.56.